The maximum absolute atomic E-state index is 13.1. The van der Waals surface area contributed by atoms with Gasteiger partial charge >= 0.3 is 23.9 Å². The molecule has 0 spiro atoms. The van der Waals surface area contributed by atoms with Crippen LogP contribution in [0.15, 0.2) is 97.3 Å². The fourth-order valence-corrected chi connectivity index (χ4v) is 5.95. The average Bonchev–Trinajstić information content (AvgIpc) is 3.16. The van der Waals surface area contributed by atoms with Gasteiger partial charge in [-0.05, 0) is 48.5 Å². The molecule has 0 saturated heterocycles. The molecule has 0 radical (unpaired) electrons. The van der Waals surface area contributed by atoms with Crippen LogP contribution in [0.1, 0.15) is 58.2 Å². The van der Waals surface area contributed by atoms with E-state index in [-0.39, 0.29) is 55.6 Å². The Balaban J connectivity index is 1.71. The molecule has 4 aromatic carbocycles. The molecule has 0 aliphatic carbocycles. The molecular weight excluding hydrogens is 700 g/mol. The van der Waals surface area contributed by atoms with Crippen LogP contribution in [0.4, 0.5) is 0 Å². The third kappa shape index (κ3) is 7.25. The van der Waals surface area contributed by atoms with Gasteiger partial charge in [-0.25, -0.2) is 19.6 Å². The topological polar surface area (TPSA) is 190 Å². The van der Waals surface area contributed by atoms with Gasteiger partial charge in [0.15, 0.2) is 35.1 Å². The number of carbonyl (C=O) groups is 4. The molecule has 0 bridgehead atoms. The summed E-state index contributed by atoms with van der Waals surface area (Å²) in [7, 11) is 2.27. The van der Waals surface area contributed by atoms with E-state index < -0.39 is 47.6 Å². The minimum atomic E-state index is -1.61. The van der Waals surface area contributed by atoms with Gasteiger partial charge in [-0.15, -0.1) is 0 Å². The molecule has 14 heteroatoms. The predicted octanol–water partition coefficient (Wildman–Crippen LogP) is 7.26. The van der Waals surface area contributed by atoms with Gasteiger partial charge in [0.05, 0.1) is 14.2 Å². The van der Waals surface area contributed by atoms with Crippen molar-refractivity contribution in [3.8, 4) is 34.5 Å². The van der Waals surface area contributed by atoms with E-state index in [1.54, 1.807) is 60.7 Å². The van der Waals surface area contributed by atoms with E-state index in [0.717, 1.165) is 28.1 Å². The molecule has 2 atom stereocenters. The summed E-state index contributed by atoms with van der Waals surface area (Å²) in [5.41, 5.74) is -0.654. The van der Waals surface area contributed by atoms with Crippen LogP contribution in [0.2, 0.25) is 0 Å². The molecule has 0 aliphatic rings. The van der Waals surface area contributed by atoms with Crippen molar-refractivity contribution in [1.82, 2.24) is 9.97 Å². The Bertz CT molecular complexity index is 2230. The van der Waals surface area contributed by atoms with Gasteiger partial charge in [-0.3, -0.25) is 9.59 Å². The Morgan fingerprint density at radius 3 is 1.24 bits per heavy atom. The van der Waals surface area contributed by atoms with E-state index in [0.29, 0.717) is 11.5 Å². The highest BCUT2D eigenvalue weighted by atomic mass is 16.6. The Hall–Kier alpha value is -7.22. The highest BCUT2D eigenvalue weighted by Crippen LogP contribution is 2.50. The third-order valence-electron chi connectivity index (χ3n) is 8.23. The third-order valence-corrected chi connectivity index (χ3v) is 8.23. The zero-order valence-corrected chi connectivity index (χ0v) is 29.3. The number of pyridine rings is 2. The number of carbonyl (C=O) groups excluding carboxylic acids is 4. The first-order chi connectivity index (χ1) is 26.0. The van der Waals surface area contributed by atoms with Gasteiger partial charge in [0, 0.05) is 58.9 Å². The molecule has 6 rings (SSSR count). The first-order valence-electron chi connectivity index (χ1n) is 16.3. The molecule has 6 aromatic rings. The van der Waals surface area contributed by atoms with Gasteiger partial charge in [-0.2, -0.15) is 0 Å². The second-order valence-electron chi connectivity index (χ2n) is 11.7. The molecule has 0 saturated carbocycles. The van der Waals surface area contributed by atoms with E-state index >= 15 is 0 Å². The summed E-state index contributed by atoms with van der Waals surface area (Å²) in [5, 5.41) is 23.0. The van der Waals surface area contributed by atoms with Crippen molar-refractivity contribution in [2.24, 2.45) is 0 Å². The number of aromatic nitrogens is 2. The van der Waals surface area contributed by atoms with Crippen LogP contribution < -0.4 is 9.47 Å². The quantitative estimate of drug-likeness (QED) is 0.0999. The number of ether oxygens (including phenoxy) is 6. The Kier molecular flexibility index (Phi) is 10.5. The Morgan fingerprint density at radius 1 is 0.537 bits per heavy atom. The van der Waals surface area contributed by atoms with E-state index in [1.807, 2.05) is 0 Å². The van der Waals surface area contributed by atoms with Gasteiger partial charge in [0.1, 0.15) is 23.0 Å². The summed E-state index contributed by atoms with van der Waals surface area (Å²) < 4.78 is 34.3. The fraction of sp³-hybridized carbons (Fsp3) is 0.150. The lowest BCUT2D eigenvalue weighted by molar-refractivity contribution is -0.166. The van der Waals surface area contributed by atoms with E-state index in [1.165, 1.54) is 36.7 Å². The lowest BCUT2D eigenvalue weighted by Crippen LogP contribution is -2.23. The van der Waals surface area contributed by atoms with Gasteiger partial charge in [-0.1, -0.05) is 36.4 Å². The van der Waals surface area contributed by atoms with Crippen molar-refractivity contribution in [2.45, 2.75) is 26.1 Å². The summed E-state index contributed by atoms with van der Waals surface area (Å²) in [4.78, 5) is 59.6. The number of fused-ring (bicyclic) bond motifs is 2. The number of esters is 4. The largest absolute Gasteiger partial charge is 0.505 e. The molecule has 274 valence electrons. The zero-order chi connectivity index (χ0) is 38.5. The molecule has 2 heterocycles. The highest BCUT2D eigenvalue weighted by molar-refractivity contribution is 6.02. The number of hydrogen-bond acceptors (Lipinski definition) is 14. The van der Waals surface area contributed by atoms with E-state index in [2.05, 4.69) is 9.97 Å². The second-order valence-corrected chi connectivity index (χ2v) is 11.7. The molecule has 2 aromatic heterocycles. The predicted molar refractivity (Wildman–Crippen MR) is 192 cm³/mol. The van der Waals surface area contributed by atoms with E-state index in [4.69, 9.17) is 28.4 Å². The van der Waals surface area contributed by atoms with Crippen molar-refractivity contribution in [3.05, 3.63) is 120 Å². The number of rotatable bonds is 11. The van der Waals surface area contributed by atoms with Crippen LogP contribution in [0, 0.1) is 0 Å². The molecule has 54 heavy (non-hydrogen) atoms. The summed E-state index contributed by atoms with van der Waals surface area (Å²) in [6.07, 6.45) is -0.692. The summed E-state index contributed by atoms with van der Waals surface area (Å²) >= 11 is 0. The van der Waals surface area contributed by atoms with Crippen LogP contribution in [0.5, 0.6) is 34.5 Å². The molecule has 0 fully saturated rings. The molecule has 0 amide bonds. The van der Waals surface area contributed by atoms with Gasteiger partial charge in [0.25, 0.3) is 0 Å². The van der Waals surface area contributed by atoms with Crippen molar-refractivity contribution in [3.63, 3.8) is 0 Å². The Morgan fingerprint density at radius 2 is 0.907 bits per heavy atom. The van der Waals surface area contributed by atoms with Gasteiger partial charge in [0.2, 0.25) is 0 Å². The monoisotopic (exact) mass is 732 g/mol. The van der Waals surface area contributed by atoms with E-state index in [9.17, 15) is 29.4 Å². The number of benzene rings is 4. The first kappa shape index (κ1) is 36.6. The average molecular weight is 733 g/mol. The maximum atomic E-state index is 13.1. The van der Waals surface area contributed by atoms with Crippen molar-refractivity contribution in [2.75, 3.05) is 14.2 Å². The highest BCUT2D eigenvalue weighted by Gasteiger charge is 2.39. The number of hydrogen-bond donors (Lipinski definition) is 2. The zero-order valence-electron chi connectivity index (χ0n) is 29.3. The normalized spacial score (nSPS) is 12.0. The van der Waals surface area contributed by atoms with Crippen molar-refractivity contribution >= 4 is 45.4 Å². The molecule has 2 N–H and O–H groups in total. The molecule has 0 aliphatic heterocycles. The van der Waals surface area contributed by atoms with Crippen LogP contribution in [0.25, 0.3) is 21.5 Å². The Labute approximate surface area is 307 Å². The van der Waals surface area contributed by atoms with Crippen molar-refractivity contribution in [1.29, 1.82) is 0 Å². The summed E-state index contributed by atoms with van der Waals surface area (Å²) in [6.45, 7) is 2.29. The fourth-order valence-electron chi connectivity index (χ4n) is 5.95. The van der Waals surface area contributed by atoms with Crippen LogP contribution >= 0.6 is 0 Å². The van der Waals surface area contributed by atoms with Crippen LogP contribution in [0.3, 0.4) is 0 Å². The standard InChI is InChI=1S/C40H32N2O12/c1-21(43)51-37(31-27-19-41-33(39(47)49-3)35(45)25(27)15-17-29(31)53-23-11-7-5-8-12-23)38(52-22(2)44)32-28-20-42-34(40(48)50-4)36(46)26(28)16-18-30(32)54-24-13-9-6-10-14-24/h5-20,37-38,45-46H,1-4H3. The number of nitrogens with zero attached hydrogens (tertiary/aromatic N) is 2. The summed E-state index contributed by atoms with van der Waals surface area (Å²) in [6, 6.07) is 23.2. The lowest BCUT2D eigenvalue weighted by atomic mass is 9.90. The SMILES string of the molecule is COC(=O)c1ncc2c(C(OC(C)=O)C(OC(C)=O)c3c(Oc4ccccc4)ccc4c(O)c(C(=O)OC)ncc34)c(Oc3ccccc3)ccc2c1O. The van der Waals surface area contributed by atoms with Crippen molar-refractivity contribution < 1.29 is 57.8 Å². The first-order valence-corrected chi connectivity index (χ1v) is 16.3. The maximum Gasteiger partial charge on any atom is 0.360 e. The smallest absolute Gasteiger partial charge is 0.360 e. The lowest BCUT2D eigenvalue weighted by Gasteiger charge is -2.31. The summed E-state index contributed by atoms with van der Waals surface area (Å²) in [5.74, 6) is -3.62. The number of methoxy groups -OCH3 is 2. The van der Waals surface area contributed by atoms with Crippen LogP contribution in [-0.2, 0) is 28.5 Å². The van der Waals surface area contributed by atoms with Crippen LogP contribution in [-0.4, -0.2) is 58.3 Å². The molecule has 14 nitrogen and oxygen atoms in total. The minimum absolute atomic E-state index is 0.0584. The number of para-hydroxylation sites is 2. The molecular formula is C40H32N2O12. The van der Waals surface area contributed by atoms with Gasteiger partial charge < -0.3 is 38.6 Å². The number of aromatic hydroxyl groups is 2. The molecule has 2 unspecified atom stereocenters. The second kappa shape index (κ2) is 15.6. The minimum Gasteiger partial charge on any atom is -0.505 e.